The van der Waals surface area contributed by atoms with E-state index in [1.807, 2.05) is 19.1 Å². The van der Waals surface area contributed by atoms with Crippen LogP contribution in [0.2, 0.25) is 0 Å². The molecule has 0 aliphatic heterocycles. The normalized spacial score (nSPS) is 31.8. The Kier molecular flexibility index (Phi) is 6.27. The molecular weight excluding hydrogens is 448 g/mol. The lowest BCUT2D eigenvalue weighted by molar-refractivity contribution is -0.445. The number of amides is 1. The number of aryl methyl sites for hydroxylation is 2. The molecule has 182 valence electrons. The van der Waals surface area contributed by atoms with Crippen molar-refractivity contribution in [1.82, 2.24) is 4.98 Å². The molecule has 1 amide bonds. The Balaban J connectivity index is 1.32. The zero-order chi connectivity index (χ0) is 24.0. The van der Waals surface area contributed by atoms with Crippen LogP contribution >= 0.6 is 11.3 Å². The Morgan fingerprint density at radius 3 is 2.88 bits per heavy atom. The topological polar surface area (TPSA) is 91.4 Å². The standard InChI is InChI=1S/C27H33N2O4S/c1-15-14-28-26(34-15)29-24(32)9-5-18-13-23(31)27(3)11-10-21-20-8-6-19(33-16(2)30)12-17(20)4-7-22(21)25(18)27/h6,8,12,14,18,21-23,25H,4-5,7,9-11,13H2,1-3H3,(H,28,29,32)/q-1/t18-,21?,22?,23+,25?,27-/m1/s1. The van der Waals surface area contributed by atoms with Crippen molar-refractivity contribution in [2.45, 2.75) is 77.7 Å². The fraction of sp³-hybridized carbons (Fsp3) is 0.593. The van der Waals surface area contributed by atoms with E-state index in [1.165, 1.54) is 29.4 Å². The minimum absolute atomic E-state index is 0.00949. The van der Waals surface area contributed by atoms with Crippen LogP contribution in [0.15, 0.2) is 24.4 Å². The van der Waals surface area contributed by atoms with Crippen molar-refractivity contribution < 1.29 is 19.4 Å². The van der Waals surface area contributed by atoms with Gasteiger partial charge in [0.15, 0.2) is 5.13 Å². The van der Waals surface area contributed by atoms with E-state index in [0.717, 1.165) is 37.0 Å². The maximum Gasteiger partial charge on any atom is 0.308 e. The zero-order valence-electron chi connectivity index (χ0n) is 20.1. The molecule has 0 spiro atoms. The van der Waals surface area contributed by atoms with Crippen LogP contribution in [0, 0.1) is 30.1 Å². The Hall–Kier alpha value is -2.25. The maximum absolute atomic E-state index is 13.3. The molecule has 34 heavy (non-hydrogen) atoms. The van der Waals surface area contributed by atoms with Crippen LogP contribution in [0.25, 0.3) is 0 Å². The molecule has 1 aromatic carbocycles. The number of nitrogens with one attached hydrogen (secondary N) is 1. The lowest BCUT2D eigenvalue weighted by Gasteiger charge is -2.53. The van der Waals surface area contributed by atoms with Crippen LogP contribution in [-0.4, -0.2) is 23.0 Å². The van der Waals surface area contributed by atoms with Gasteiger partial charge in [-0.2, -0.15) is 0 Å². The van der Waals surface area contributed by atoms with E-state index in [9.17, 15) is 14.7 Å². The second-order valence-corrected chi connectivity index (χ2v) is 11.9. The number of rotatable bonds is 5. The van der Waals surface area contributed by atoms with Gasteiger partial charge in [-0.1, -0.05) is 19.4 Å². The summed E-state index contributed by atoms with van der Waals surface area (Å²) < 4.78 is 5.31. The van der Waals surface area contributed by atoms with Gasteiger partial charge in [0.25, 0.3) is 0 Å². The number of hydrogen-bond donors (Lipinski definition) is 1. The average Bonchev–Trinajstić information content (AvgIpc) is 3.31. The molecule has 0 bridgehead atoms. The van der Waals surface area contributed by atoms with E-state index >= 15 is 0 Å². The highest BCUT2D eigenvalue weighted by Gasteiger charge is 2.55. The quantitative estimate of drug-likeness (QED) is 0.498. The molecule has 2 fully saturated rings. The third kappa shape index (κ3) is 4.29. The van der Waals surface area contributed by atoms with Gasteiger partial charge in [-0.25, -0.2) is 4.98 Å². The van der Waals surface area contributed by atoms with Crippen molar-refractivity contribution in [3.63, 3.8) is 0 Å². The number of nitrogens with zero attached hydrogens (tertiary/aromatic N) is 1. The van der Waals surface area contributed by atoms with Gasteiger partial charge in [-0.05, 0) is 91.4 Å². The van der Waals surface area contributed by atoms with Gasteiger partial charge in [0.05, 0.1) is 0 Å². The smallest absolute Gasteiger partial charge is 0.308 e. The molecule has 3 unspecified atom stereocenters. The predicted molar refractivity (Wildman–Crippen MR) is 130 cm³/mol. The lowest BCUT2D eigenvalue weighted by Crippen LogP contribution is -2.48. The number of ether oxygens (including phenoxy) is 1. The first-order valence-corrected chi connectivity index (χ1v) is 13.3. The predicted octanol–water partition coefficient (Wildman–Crippen LogP) is 4.61. The minimum Gasteiger partial charge on any atom is -0.852 e. The van der Waals surface area contributed by atoms with E-state index in [2.05, 4.69) is 23.3 Å². The number of thiazole rings is 1. The van der Waals surface area contributed by atoms with Crippen LogP contribution in [0.4, 0.5) is 5.13 Å². The molecule has 6 nitrogen and oxygen atoms in total. The summed E-state index contributed by atoms with van der Waals surface area (Å²) in [4.78, 5) is 29.3. The van der Waals surface area contributed by atoms with Crippen molar-refractivity contribution >= 4 is 28.3 Å². The van der Waals surface area contributed by atoms with Gasteiger partial charge >= 0.3 is 5.97 Å². The Morgan fingerprint density at radius 2 is 2.15 bits per heavy atom. The molecule has 2 aromatic rings. The molecule has 7 heteroatoms. The number of carbonyl (C=O) groups is 2. The Labute approximate surface area is 205 Å². The second kappa shape index (κ2) is 9.08. The number of carbonyl (C=O) groups excluding carboxylic acids is 2. The van der Waals surface area contributed by atoms with Gasteiger partial charge in [0.2, 0.25) is 5.91 Å². The van der Waals surface area contributed by atoms with Crippen molar-refractivity contribution in [2.75, 3.05) is 5.32 Å². The van der Waals surface area contributed by atoms with E-state index in [-0.39, 0.29) is 23.2 Å². The third-order valence-electron chi connectivity index (χ3n) is 8.63. The summed E-state index contributed by atoms with van der Waals surface area (Å²) in [5.74, 6) is 1.85. The molecule has 1 heterocycles. The fourth-order valence-electron chi connectivity index (χ4n) is 7.23. The highest BCUT2D eigenvalue weighted by atomic mass is 32.1. The monoisotopic (exact) mass is 481 g/mol. The molecule has 6 atom stereocenters. The zero-order valence-corrected chi connectivity index (χ0v) is 21.0. The highest BCUT2D eigenvalue weighted by molar-refractivity contribution is 7.15. The molecular formula is C27H33N2O4S-. The van der Waals surface area contributed by atoms with Gasteiger partial charge < -0.3 is 15.2 Å². The van der Waals surface area contributed by atoms with Gasteiger partial charge in [-0.3, -0.25) is 9.59 Å². The van der Waals surface area contributed by atoms with Crippen molar-refractivity contribution in [3.05, 3.63) is 40.4 Å². The van der Waals surface area contributed by atoms with Crippen LogP contribution in [-0.2, 0) is 16.0 Å². The summed E-state index contributed by atoms with van der Waals surface area (Å²) in [6, 6.07) is 6.06. The molecule has 5 rings (SSSR count). The summed E-state index contributed by atoms with van der Waals surface area (Å²) in [6.45, 7) is 5.61. The molecule has 1 aromatic heterocycles. The molecule has 0 saturated heterocycles. The summed E-state index contributed by atoms with van der Waals surface area (Å²) >= 11 is 1.48. The number of anilines is 1. The molecule has 3 aliphatic carbocycles. The van der Waals surface area contributed by atoms with E-state index in [1.54, 1.807) is 6.20 Å². The number of fused-ring (bicyclic) bond motifs is 5. The van der Waals surface area contributed by atoms with Gasteiger partial charge in [-0.15, -0.1) is 17.4 Å². The molecule has 3 aliphatic rings. The summed E-state index contributed by atoms with van der Waals surface area (Å²) in [5, 5.41) is 16.8. The Morgan fingerprint density at radius 1 is 1.32 bits per heavy atom. The van der Waals surface area contributed by atoms with E-state index in [4.69, 9.17) is 4.74 Å². The summed E-state index contributed by atoms with van der Waals surface area (Å²) in [6.07, 6.45) is 7.05. The van der Waals surface area contributed by atoms with Crippen LogP contribution < -0.4 is 15.2 Å². The van der Waals surface area contributed by atoms with Crippen molar-refractivity contribution in [1.29, 1.82) is 0 Å². The molecule has 0 radical (unpaired) electrons. The largest absolute Gasteiger partial charge is 0.852 e. The first-order chi connectivity index (χ1) is 16.2. The van der Waals surface area contributed by atoms with Crippen molar-refractivity contribution in [3.8, 4) is 5.75 Å². The number of hydrogen-bond acceptors (Lipinski definition) is 6. The van der Waals surface area contributed by atoms with Gasteiger partial charge in [0.1, 0.15) is 5.75 Å². The maximum atomic E-state index is 13.3. The second-order valence-electron chi connectivity index (χ2n) is 10.7. The number of aromatic nitrogens is 1. The van der Waals surface area contributed by atoms with E-state index in [0.29, 0.717) is 41.5 Å². The molecule has 1 N–H and O–H groups in total. The van der Waals surface area contributed by atoms with E-state index < -0.39 is 6.10 Å². The van der Waals surface area contributed by atoms with Crippen LogP contribution in [0.1, 0.15) is 74.3 Å². The van der Waals surface area contributed by atoms with Crippen molar-refractivity contribution in [2.24, 2.45) is 23.2 Å². The first kappa shape index (κ1) is 23.5. The third-order valence-corrected chi connectivity index (χ3v) is 9.45. The Bertz CT molecular complexity index is 1100. The number of esters is 1. The summed E-state index contributed by atoms with van der Waals surface area (Å²) in [5.41, 5.74) is 2.44. The lowest BCUT2D eigenvalue weighted by atomic mass is 9.53. The average molecular weight is 482 g/mol. The first-order valence-electron chi connectivity index (χ1n) is 12.4. The SMILES string of the molecule is CC(=O)Oc1ccc2c(c1)CCC1C2CC[C@@]2(C)C1[C@H](CCC(=O)Nc1ncc(C)s1)C[C@@H]2[O-]. The summed E-state index contributed by atoms with van der Waals surface area (Å²) in [7, 11) is 0. The highest BCUT2D eigenvalue weighted by Crippen LogP contribution is 2.63. The molecule has 2 saturated carbocycles. The van der Waals surface area contributed by atoms with Crippen LogP contribution in [0.5, 0.6) is 5.75 Å². The van der Waals surface area contributed by atoms with Crippen LogP contribution in [0.3, 0.4) is 0 Å². The minimum atomic E-state index is -0.555. The van der Waals surface area contributed by atoms with Gasteiger partial charge in [0, 0.05) is 24.4 Å². The fourth-order valence-corrected chi connectivity index (χ4v) is 7.91. The number of benzene rings is 1.